The van der Waals surface area contributed by atoms with Gasteiger partial charge in [-0.1, -0.05) is 30.3 Å². The van der Waals surface area contributed by atoms with Crippen LogP contribution >= 0.6 is 0 Å². The molecule has 0 fully saturated rings. The lowest BCUT2D eigenvalue weighted by atomic mass is 10.2. The van der Waals surface area contributed by atoms with E-state index in [0.717, 1.165) is 11.0 Å². The number of hydrogen-bond donors (Lipinski definition) is 1. The quantitative estimate of drug-likeness (QED) is 0.471. The highest BCUT2D eigenvalue weighted by molar-refractivity contribution is 5.81. The van der Waals surface area contributed by atoms with E-state index in [2.05, 4.69) is 5.32 Å². The fourth-order valence-electron chi connectivity index (χ4n) is 3.22. The minimum Gasteiger partial charge on any atom is -0.459 e. The molecule has 1 N–H and O–H groups in total. The number of hydrogen-bond acceptors (Lipinski definition) is 6. The molecule has 2 aromatic heterocycles. The van der Waals surface area contributed by atoms with Gasteiger partial charge in [-0.2, -0.15) is 0 Å². The second-order valence-electron chi connectivity index (χ2n) is 6.87. The van der Waals surface area contributed by atoms with Crippen molar-refractivity contribution in [3.05, 3.63) is 70.9 Å². The number of fused-ring (bicyclic) bond motifs is 2. The molecule has 154 valence electrons. The molecule has 0 aliphatic rings. The summed E-state index contributed by atoms with van der Waals surface area (Å²) >= 11 is 0. The van der Waals surface area contributed by atoms with Gasteiger partial charge in [-0.15, -0.1) is 0 Å². The highest BCUT2D eigenvalue weighted by atomic mass is 16.5. The largest absolute Gasteiger partial charge is 0.459 e. The Morgan fingerprint density at radius 2 is 1.80 bits per heavy atom. The first kappa shape index (κ1) is 19.5. The summed E-state index contributed by atoms with van der Waals surface area (Å²) in [5.41, 5.74) is 1.80. The van der Waals surface area contributed by atoms with Crippen LogP contribution in [-0.4, -0.2) is 23.1 Å². The first-order chi connectivity index (χ1) is 14.5. The van der Waals surface area contributed by atoms with E-state index in [1.807, 2.05) is 30.3 Å². The van der Waals surface area contributed by atoms with Crippen molar-refractivity contribution in [1.29, 1.82) is 0 Å². The molecule has 1 atom stereocenters. The van der Waals surface area contributed by atoms with E-state index >= 15 is 0 Å². The lowest BCUT2D eigenvalue weighted by molar-refractivity contribution is -0.149. The summed E-state index contributed by atoms with van der Waals surface area (Å²) in [6, 6.07) is 16.0. The van der Waals surface area contributed by atoms with Gasteiger partial charge in [-0.3, -0.25) is 14.2 Å². The Morgan fingerprint density at radius 1 is 1.07 bits per heavy atom. The van der Waals surface area contributed by atoms with Crippen LogP contribution in [0.4, 0.5) is 0 Å². The number of nitrogens with zero attached hydrogens (tertiary/aromatic N) is 1. The third kappa shape index (κ3) is 4.12. The van der Waals surface area contributed by atoms with E-state index in [1.165, 1.54) is 4.57 Å². The second kappa shape index (κ2) is 8.28. The predicted octanol–water partition coefficient (Wildman–Crippen LogP) is 3.15. The molecule has 4 rings (SSSR count). The third-order valence-corrected chi connectivity index (χ3v) is 4.73. The maximum Gasteiger partial charge on any atom is 0.419 e. The molecule has 0 aliphatic carbocycles. The van der Waals surface area contributed by atoms with Crippen LogP contribution in [0.25, 0.3) is 22.1 Å². The summed E-state index contributed by atoms with van der Waals surface area (Å²) < 4.78 is 17.2. The van der Waals surface area contributed by atoms with Gasteiger partial charge >= 0.3 is 11.7 Å². The Hall–Kier alpha value is -3.81. The van der Waals surface area contributed by atoms with E-state index in [1.54, 1.807) is 31.2 Å². The highest BCUT2D eigenvalue weighted by Gasteiger charge is 2.16. The minimum atomic E-state index is -0.585. The van der Waals surface area contributed by atoms with Gasteiger partial charge in [0.05, 0.1) is 18.0 Å². The first-order valence-corrected chi connectivity index (χ1v) is 9.53. The van der Waals surface area contributed by atoms with Crippen LogP contribution < -0.4 is 11.1 Å². The number of ether oxygens (including phenoxy) is 1. The molecule has 0 saturated carbocycles. The molecule has 30 heavy (non-hydrogen) atoms. The fraction of sp³-hybridized carbons (Fsp3) is 0.227. The number of nitrogens with one attached hydrogen (secondary N) is 1. The number of aromatic nitrogens is 1. The average Bonchev–Trinajstić information content (AvgIpc) is 3.31. The van der Waals surface area contributed by atoms with Crippen molar-refractivity contribution in [2.45, 2.75) is 25.9 Å². The van der Waals surface area contributed by atoms with E-state index in [-0.39, 0.29) is 19.0 Å². The Labute approximate surface area is 171 Å². The van der Waals surface area contributed by atoms with Gasteiger partial charge < -0.3 is 18.9 Å². The number of furan rings is 1. The van der Waals surface area contributed by atoms with Crippen LogP contribution in [-0.2, 0) is 20.9 Å². The summed E-state index contributed by atoms with van der Waals surface area (Å²) in [4.78, 5) is 36.0. The van der Waals surface area contributed by atoms with Crippen LogP contribution in [0.3, 0.4) is 0 Å². The van der Waals surface area contributed by atoms with Gasteiger partial charge in [0.25, 0.3) is 5.91 Å². The molecule has 8 heteroatoms. The molecule has 0 aliphatic heterocycles. The van der Waals surface area contributed by atoms with Crippen LogP contribution in [0, 0.1) is 0 Å². The Balaban J connectivity index is 1.27. The number of esters is 1. The normalized spacial score (nSPS) is 12.2. The van der Waals surface area contributed by atoms with Crippen molar-refractivity contribution < 1.29 is 23.2 Å². The first-order valence-electron chi connectivity index (χ1n) is 9.53. The number of oxazole rings is 1. The number of benzene rings is 2. The molecular formula is C22H20N2O6. The van der Waals surface area contributed by atoms with E-state index < -0.39 is 24.2 Å². The molecule has 0 unspecified atom stereocenters. The highest BCUT2D eigenvalue weighted by Crippen LogP contribution is 2.23. The lowest BCUT2D eigenvalue weighted by Gasteiger charge is -2.11. The molecule has 1 amide bonds. The summed E-state index contributed by atoms with van der Waals surface area (Å²) in [6.45, 7) is 1.48. The SMILES string of the molecule is C[C@H](NC(=O)COC(=O)CCn1c(=O)oc2ccccc21)c1cc2ccccc2o1. The Kier molecular flexibility index (Phi) is 5.38. The van der Waals surface area contributed by atoms with E-state index in [0.29, 0.717) is 16.9 Å². The molecule has 2 heterocycles. The molecule has 0 spiro atoms. The zero-order chi connectivity index (χ0) is 21.1. The monoisotopic (exact) mass is 408 g/mol. The Bertz CT molecular complexity index is 1230. The smallest absolute Gasteiger partial charge is 0.419 e. The van der Waals surface area contributed by atoms with Crippen LogP contribution in [0.2, 0.25) is 0 Å². The second-order valence-corrected chi connectivity index (χ2v) is 6.87. The average molecular weight is 408 g/mol. The van der Waals surface area contributed by atoms with E-state index in [4.69, 9.17) is 13.6 Å². The molecule has 0 bridgehead atoms. The van der Waals surface area contributed by atoms with E-state index in [9.17, 15) is 14.4 Å². The summed E-state index contributed by atoms with van der Waals surface area (Å²) in [7, 11) is 0. The van der Waals surface area contributed by atoms with Gasteiger partial charge in [-0.25, -0.2) is 4.79 Å². The molecule has 2 aromatic carbocycles. The van der Waals surface area contributed by atoms with Crippen molar-refractivity contribution in [2.24, 2.45) is 0 Å². The van der Waals surface area contributed by atoms with Gasteiger partial charge in [0.15, 0.2) is 12.2 Å². The summed E-state index contributed by atoms with van der Waals surface area (Å²) in [6.07, 6.45) is -0.0597. The van der Waals surface area contributed by atoms with Crippen LogP contribution in [0.5, 0.6) is 0 Å². The molecule has 0 saturated heterocycles. The Morgan fingerprint density at radius 3 is 2.60 bits per heavy atom. The fourth-order valence-corrected chi connectivity index (χ4v) is 3.22. The number of amides is 1. The maximum atomic E-state index is 12.1. The van der Waals surface area contributed by atoms with Gasteiger partial charge in [0.1, 0.15) is 11.3 Å². The third-order valence-electron chi connectivity index (χ3n) is 4.73. The zero-order valence-electron chi connectivity index (χ0n) is 16.3. The van der Waals surface area contributed by atoms with Crippen molar-refractivity contribution >= 4 is 33.9 Å². The van der Waals surface area contributed by atoms with Crippen molar-refractivity contribution in [3.8, 4) is 0 Å². The number of aryl methyl sites for hydroxylation is 1. The number of carbonyl (C=O) groups excluding carboxylic acids is 2. The molecule has 8 nitrogen and oxygen atoms in total. The minimum absolute atomic E-state index is 0.0597. The van der Waals surface area contributed by atoms with Crippen molar-refractivity contribution in [3.63, 3.8) is 0 Å². The maximum absolute atomic E-state index is 12.1. The van der Waals surface area contributed by atoms with Crippen molar-refractivity contribution in [1.82, 2.24) is 9.88 Å². The molecule has 4 aromatic rings. The van der Waals surface area contributed by atoms with Gasteiger partial charge in [-0.05, 0) is 31.2 Å². The van der Waals surface area contributed by atoms with Crippen LogP contribution in [0.15, 0.2) is 68.2 Å². The van der Waals surface area contributed by atoms with Gasteiger partial charge in [0, 0.05) is 11.9 Å². The van der Waals surface area contributed by atoms with Gasteiger partial charge in [0.2, 0.25) is 0 Å². The molecular weight excluding hydrogens is 388 g/mol. The lowest BCUT2D eigenvalue weighted by Crippen LogP contribution is -2.31. The van der Waals surface area contributed by atoms with Crippen LogP contribution in [0.1, 0.15) is 25.1 Å². The standard InChI is InChI=1S/C22H20N2O6/c1-14(19-12-15-6-2-4-8-17(15)29-19)23-20(25)13-28-21(26)10-11-24-16-7-3-5-9-18(16)30-22(24)27/h2-9,12,14H,10-11,13H2,1H3,(H,23,25)/t14-/m0/s1. The summed E-state index contributed by atoms with van der Waals surface area (Å²) in [5, 5.41) is 3.68. The predicted molar refractivity (Wildman–Crippen MR) is 109 cm³/mol. The topological polar surface area (TPSA) is 104 Å². The number of carbonyl (C=O) groups is 2. The molecule has 0 radical (unpaired) electrons. The number of rotatable bonds is 7. The van der Waals surface area contributed by atoms with Crippen molar-refractivity contribution in [2.75, 3.05) is 6.61 Å². The zero-order valence-corrected chi connectivity index (χ0v) is 16.3. The number of para-hydroxylation sites is 3. The summed E-state index contributed by atoms with van der Waals surface area (Å²) in [5.74, 6) is -0.954.